The summed E-state index contributed by atoms with van der Waals surface area (Å²) >= 11 is 0. The molecule has 0 spiro atoms. The molecule has 0 aromatic carbocycles. The van der Waals surface area contributed by atoms with Crippen LogP contribution in [-0.4, -0.2) is 15.6 Å². The van der Waals surface area contributed by atoms with Crippen LogP contribution in [0.2, 0.25) is 0 Å². The molecule has 1 N–H and O–H groups in total. The topological polar surface area (TPSA) is 46.9 Å². The lowest BCUT2D eigenvalue weighted by Gasteiger charge is -2.18. The van der Waals surface area contributed by atoms with E-state index in [0.717, 1.165) is 19.4 Å². The third-order valence-electron chi connectivity index (χ3n) is 3.31. The largest absolute Gasteiger partial charge is 0.363 e. The zero-order valence-corrected chi connectivity index (χ0v) is 12.8. The van der Waals surface area contributed by atoms with Gasteiger partial charge in [0, 0.05) is 25.0 Å². The molecular weight excluding hydrogens is 238 g/mol. The number of rotatable bonds is 7. The molecule has 0 aliphatic rings. The van der Waals surface area contributed by atoms with E-state index < -0.39 is 0 Å². The van der Waals surface area contributed by atoms with E-state index in [4.69, 9.17) is 0 Å². The van der Waals surface area contributed by atoms with Gasteiger partial charge in [-0.15, -0.1) is 0 Å². The third kappa shape index (κ3) is 5.05. The molecule has 2 unspecified atom stereocenters. The van der Waals surface area contributed by atoms with Crippen LogP contribution < -0.4 is 10.9 Å². The summed E-state index contributed by atoms with van der Waals surface area (Å²) < 4.78 is 1.73. The summed E-state index contributed by atoms with van der Waals surface area (Å²) in [5.74, 6) is 1.58. The number of nitrogens with zero attached hydrogens (tertiary/aromatic N) is 2. The van der Waals surface area contributed by atoms with Crippen LogP contribution in [0.1, 0.15) is 47.5 Å². The Bertz CT molecular complexity index is 439. The summed E-state index contributed by atoms with van der Waals surface area (Å²) in [5, 5.41) is 3.24. The average Bonchev–Trinajstić information content (AvgIpc) is 2.33. The number of aromatic nitrogens is 2. The Labute approximate surface area is 116 Å². The first-order valence-electron chi connectivity index (χ1n) is 7.26. The Morgan fingerprint density at radius 1 is 1.32 bits per heavy atom. The van der Waals surface area contributed by atoms with Gasteiger partial charge in [-0.05, 0) is 25.2 Å². The van der Waals surface area contributed by atoms with Gasteiger partial charge in [0.2, 0.25) is 0 Å². The predicted octanol–water partition coefficient (Wildman–Crippen LogP) is 3.14. The lowest BCUT2D eigenvalue weighted by Crippen LogP contribution is -2.29. The quantitative estimate of drug-likeness (QED) is 0.824. The molecule has 0 radical (unpaired) electrons. The Kier molecular flexibility index (Phi) is 6.06. The van der Waals surface area contributed by atoms with E-state index in [1.54, 1.807) is 17.0 Å². The molecule has 4 heteroatoms. The lowest BCUT2D eigenvalue weighted by molar-refractivity contribution is 0.481. The summed E-state index contributed by atoms with van der Waals surface area (Å²) in [4.78, 5) is 16.4. The molecule has 1 rings (SSSR count). The predicted molar refractivity (Wildman–Crippen MR) is 80.5 cm³/mol. The van der Waals surface area contributed by atoms with E-state index in [1.165, 1.54) is 0 Å². The molecule has 0 saturated carbocycles. The summed E-state index contributed by atoms with van der Waals surface area (Å²) in [6, 6.07) is 0.269. The van der Waals surface area contributed by atoms with Crippen molar-refractivity contribution in [2.75, 3.05) is 5.32 Å². The number of anilines is 1. The smallest absolute Gasteiger partial charge is 0.293 e. The number of hydrogen-bond donors (Lipinski definition) is 1. The minimum absolute atomic E-state index is 0.0211. The van der Waals surface area contributed by atoms with Crippen LogP contribution in [0.4, 0.5) is 5.82 Å². The Balaban J connectivity index is 2.76. The molecular formula is C15H27N3O. The summed E-state index contributed by atoms with van der Waals surface area (Å²) in [7, 11) is 0. The third-order valence-corrected chi connectivity index (χ3v) is 3.31. The van der Waals surface area contributed by atoms with Crippen molar-refractivity contribution in [2.45, 2.75) is 60.0 Å². The van der Waals surface area contributed by atoms with E-state index in [9.17, 15) is 4.79 Å². The molecule has 0 saturated heterocycles. The highest BCUT2D eigenvalue weighted by Gasteiger charge is 2.11. The highest BCUT2D eigenvalue weighted by Crippen LogP contribution is 2.11. The Morgan fingerprint density at radius 2 is 2.00 bits per heavy atom. The van der Waals surface area contributed by atoms with Crippen LogP contribution in [0.15, 0.2) is 17.2 Å². The summed E-state index contributed by atoms with van der Waals surface area (Å²) in [6.45, 7) is 11.5. The van der Waals surface area contributed by atoms with E-state index in [0.29, 0.717) is 17.7 Å². The molecule has 0 fully saturated rings. The highest BCUT2D eigenvalue weighted by molar-refractivity contribution is 5.31. The fraction of sp³-hybridized carbons (Fsp3) is 0.733. The first-order valence-corrected chi connectivity index (χ1v) is 7.26. The molecule has 0 amide bonds. The molecule has 1 aromatic rings. The molecule has 0 bridgehead atoms. The maximum absolute atomic E-state index is 12.2. The molecule has 1 heterocycles. The SMILES string of the molecule is CCC(C)CC(C)Nc1nccn(CC(C)C)c1=O. The van der Waals surface area contributed by atoms with Gasteiger partial charge < -0.3 is 9.88 Å². The maximum atomic E-state index is 12.2. The van der Waals surface area contributed by atoms with Gasteiger partial charge in [-0.25, -0.2) is 4.98 Å². The fourth-order valence-electron chi connectivity index (χ4n) is 2.15. The van der Waals surface area contributed by atoms with Crippen molar-refractivity contribution in [2.24, 2.45) is 11.8 Å². The van der Waals surface area contributed by atoms with Crippen LogP contribution in [0, 0.1) is 11.8 Å². The van der Waals surface area contributed by atoms with E-state index in [-0.39, 0.29) is 11.6 Å². The summed E-state index contributed by atoms with van der Waals surface area (Å²) in [5.41, 5.74) is -0.0211. The van der Waals surface area contributed by atoms with Crippen molar-refractivity contribution < 1.29 is 0 Å². The van der Waals surface area contributed by atoms with E-state index in [2.05, 4.69) is 44.9 Å². The van der Waals surface area contributed by atoms with Gasteiger partial charge in [0.15, 0.2) is 5.82 Å². The van der Waals surface area contributed by atoms with Crippen molar-refractivity contribution >= 4 is 5.82 Å². The van der Waals surface area contributed by atoms with E-state index >= 15 is 0 Å². The molecule has 0 aliphatic carbocycles. The summed E-state index contributed by atoms with van der Waals surface area (Å²) in [6.07, 6.45) is 5.66. The first kappa shape index (κ1) is 15.7. The molecule has 2 atom stereocenters. The van der Waals surface area contributed by atoms with Gasteiger partial charge in [0.05, 0.1) is 0 Å². The monoisotopic (exact) mass is 265 g/mol. The molecule has 1 aromatic heterocycles. The molecule has 108 valence electrons. The minimum atomic E-state index is -0.0211. The Morgan fingerprint density at radius 3 is 2.58 bits per heavy atom. The zero-order valence-electron chi connectivity index (χ0n) is 12.8. The number of nitrogens with one attached hydrogen (secondary N) is 1. The van der Waals surface area contributed by atoms with Crippen LogP contribution in [-0.2, 0) is 6.54 Å². The molecule has 0 aliphatic heterocycles. The normalized spacial score (nSPS) is 14.4. The van der Waals surface area contributed by atoms with Crippen molar-refractivity contribution in [3.05, 3.63) is 22.7 Å². The average molecular weight is 265 g/mol. The van der Waals surface area contributed by atoms with Gasteiger partial charge >= 0.3 is 0 Å². The van der Waals surface area contributed by atoms with Crippen LogP contribution in [0.25, 0.3) is 0 Å². The second kappa shape index (κ2) is 7.31. The zero-order chi connectivity index (χ0) is 14.4. The molecule has 19 heavy (non-hydrogen) atoms. The van der Waals surface area contributed by atoms with Gasteiger partial charge in [-0.3, -0.25) is 4.79 Å². The number of hydrogen-bond acceptors (Lipinski definition) is 3. The van der Waals surface area contributed by atoms with E-state index in [1.807, 2.05) is 0 Å². The maximum Gasteiger partial charge on any atom is 0.293 e. The van der Waals surface area contributed by atoms with Crippen molar-refractivity contribution in [3.63, 3.8) is 0 Å². The van der Waals surface area contributed by atoms with Gasteiger partial charge in [-0.2, -0.15) is 0 Å². The lowest BCUT2D eigenvalue weighted by atomic mass is 10.0. The van der Waals surface area contributed by atoms with Crippen molar-refractivity contribution in [1.82, 2.24) is 9.55 Å². The van der Waals surface area contributed by atoms with Gasteiger partial charge in [-0.1, -0.05) is 34.1 Å². The molecule has 4 nitrogen and oxygen atoms in total. The van der Waals surface area contributed by atoms with Crippen molar-refractivity contribution in [1.29, 1.82) is 0 Å². The van der Waals surface area contributed by atoms with Gasteiger partial charge in [0.1, 0.15) is 0 Å². The standard InChI is InChI=1S/C15H27N3O/c1-6-12(4)9-13(5)17-14-15(19)18(8-7-16-14)10-11(2)3/h7-8,11-13H,6,9-10H2,1-5H3,(H,16,17). The first-order chi connectivity index (χ1) is 8.93. The Hall–Kier alpha value is -1.32. The van der Waals surface area contributed by atoms with Gasteiger partial charge in [0.25, 0.3) is 5.56 Å². The second-order valence-electron chi connectivity index (χ2n) is 5.92. The fourth-order valence-corrected chi connectivity index (χ4v) is 2.15. The second-order valence-corrected chi connectivity index (χ2v) is 5.92. The van der Waals surface area contributed by atoms with Crippen LogP contribution in [0.5, 0.6) is 0 Å². The van der Waals surface area contributed by atoms with Crippen LogP contribution >= 0.6 is 0 Å². The van der Waals surface area contributed by atoms with Crippen LogP contribution in [0.3, 0.4) is 0 Å². The van der Waals surface area contributed by atoms with Crippen molar-refractivity contribution in [3.8, 4) is 0 Å². The highest BCUT2D eigenvalue weighted by atomic mass is 16.1. The minimum Gasteiger partial charge on any atom is -0.363 e.